The van der Waals surface area contributed by atoms with Gasteiger partial charge in [0.05, 0.1) is 11.9 Å². The summed E-state index contributed by atoms with van der Waals surface area (Å²) in [7, 11) is 0. The number of nitrogens with one attached hydrogen (secondary N) is 1. The van der Waals surface area contributed by atoms with E-state index in [9.17, 15) is 9.59 Å². The van der Waals surface area contributed by atoms with Gasteiger partial charge < -0.3 is 19.9 Å². The summed E-state index contributed by atoms with van der Waals surface area (Å²) >= 11 is 0. The summed E-state index contributed by atoms with van der Waals surface area (Å²) in [5.41, 5.74) is 3.07. The zero-order valence-electron chi connectivity index (χ0n) is 18.7. The third kappa shape index (κ3) is 7.98. The van der Waals surface area contributed by atoms with Crippen molar-refractivity contribution < 1.29 is 24.2 Å². The van der Waals surface area contributed by atoms with Gasteiger partial charge in [0.25, 0.3) is 0 Å². The Morgan fingerprint density at radius 3 is 2.44 bits per heavy atom. The van der Waals surface area contributed by atoms with E-state index >= 15 is 0 Å². The Morgan fingerprint density at radius 2 is 1.71 bits per heavy atom. The Morgan fingerprint density at radius 1 is 0.912 bits per heavy atom. The summed E-state index contributed by atoms with van der Waals surface area (Å²) in [5.74, 6) is 1.01. The number of hydrogen-bond donors (Lipinski definition) is 2. The molecule has 3 aromatic rings. The molecule has 0 heterocycles. The largest absolute Gasteiger partial charge is 0.516 e. The number of benzene rings is 3. The first-order valence-electron chi connectivity index (χ1n) is 10.9. The van der Waals surface area contributed by atoms with Gasteiger partial charge in [-0.2, -0.15) is 0 Å². The van der Waals surface area contributed by atoms with E-state index in [1.165, 1.54) is 6.08 Å². The zero-order valence-corrected chi connectivity index (χ0v) is 18.7. The number of aliphatic hydroxyl groups is 1. The summed E-state index contributed by atoms with van der Waals surface area (Å²) in [6, 6.07) is 22.5. The van der Waals surface area contributed by atoms with Gasteiger partial charge in [0, 0.05) is 12.0 Å². The number of aryl methyl sites for hydroxylation is 1. The van der Waals surface area contributed by atoms with Gasteiger partial charge >= 0.3 is 0 Å². The van der Waals surface area contributed by atoms with E-state index in [2.05, 4.69) is 5.32 Å². The number of carbonyl (C=O) groups excluding carboxylic acids is 2. The van der Waals surface area contributed by atoms with Crippen LogP contribution >= 0.6 is 0 Å². The van der Waals surface area contributed by atoms with Crippen LogP contribution in [0.5, 0.6) is 11.5 Å². The van der Waals surface area contributed by atoms with Gasteiger partial charge in [0.2, 0.25) is 5.91 Å². The first kappa shape index (κ1) is 24.3. The molecule has 0 aliphatic heterocycles. The van der Waals surface area contributed by atoms with Crippen molar-refractivity contribution in [2.45, 2.75) is 19.4 Å². The highest BCUT2D eigenvalue weighted by Gasteiger charge is 2.10. The van der Waals surface area contributed by atoms with Crippen molar-refractivity contribution in [2.24, 2.45) is 0 Å². The van der Waals surface area contributed by atoms with Gasteiger partial charge in [-0.25, -0.2) is 0 Å². The predicted molar refractivity (Wildman–Crippen MR) is 132 cm³/mol. The van der Waals surface area contributed by atoms with Crippen LogP contribution in [-0.2, 0) is 17.8 Å². The van der Waals surface area contributed by atoms with Crippen LogP contribution in [-0.4, -0.2) is 23.9 Å². The minimum absolute atomic E-state index is 0.160. The topological polar surface area (TPSA) is 84.9 Å². The van der Waals surface area contributed by atoms with Crippen molar-refractivity contribution in [3.05, 3.63) is 114 Å². The molecule has 2 N–H and O–H groups in total. The summed E-state index contributed by atoms with van der Waals surface area (Å²) < 4.78 is 11.5. The van der Waals surface area contributed by atoms with E-state index in [0.29, 0.717) is 36.4 Å². The molecule has 3 aromatic carbocycles. The summed E-state index contributed by atoms with van der Waals surface area (Å²) in [4.78, 5) is 23.6. The van der Waals surface area contributed by atoms with Crippen LogP contribution in [0.4, 0.5) is 5.69 Å². The molecular formula is C28H27NO5. The van der Waals surface area contributed by atoms with Crippen molar-refractivity contribution in [1.29, 1.82) is 0 Å². The number of amides is 1. The van der Waals surface area contributed by atoms with Gasteiger partial charge in [-0.15, -0.1) is 0 Å². The number of rotatable bonds is 12. The molecule has 0 aromatic heterocycles. The third-order valence-electron chi connectivity index (χ3n) is 4.90. The van der Waals surface area contributed by atoms with Gasteiger partial charge in [-0.3, -0.25) is 9.59 Å². The molecule has 34 heavy (non-hydrogen) atoms. The van der Waals surface area contributed by atoms with Gasteiger partial charge in [0.1, 0.15) is 31.0 Å². The minimum Gasteiger partial charge on any atom is -0.516 e. The maximum Gasteiger partial charge on any atom is 0.224 e. The van der Waals surface area contributed by atoms with Crippen LogP contribution in [0, 0.1) is 0 Å². The second-order valence-electron chi connectivity index (χ2n) is 7.42. The van der Waals surface area contributed by atoms with Gasteiger partial charge in [0.15, 0.2) is 0 Å². The standard InChI is InChI=1S/C28H27NO5/c30-17-5-2-6-18-33-27-19-24(20-31)11-15-26(27)29-28(32)16-12-22-9-13-25(14-10-22)34-21-23-7-3-1-4-8-23/h1-11,13-15,17,19-20,30H,12,16,18,21H2,(H,29,32)/b6-2+,17-5-. The summed E-state index contributed by atoms with van der Waals surface area (Å²) in [6.45, 7) is 0.720. The molecule has 0 atom stereocenters. The van der Waals surface area contributed by atoms with Crippen LogP contribution in [0.25, 0.3) is 0 Å². The molecule has 0 aliphatic carbocycles. The Balaban J connectivity index is 1.51. The molecule has 0 spiro atoms. The molecule has 1 amide bonds. The SMILES string of the molecule is O=Cc1ccc(NC(=O)CCc2ccc(OCc3ccccc3)cc2)c(OC/C=C/C=C\O)c1. The predicted octanol–water partition coefficient (Wildman–Crippen LogP) is 5.66. The molecule has 0 fully saturated rings. The molecule has 0 aliphatic rings. The van der Waals surface area contributed by atoms with Crippen LogP contribution in [0.2, 0.25) is 0 Å². The van der Waals surface area contributed by atoms with E-state index in [-0.39, 0.29) is 12.5 Å². The van der Waals surface area contributed by atoms with Crippen molar-refractivity contribution in [1.82, 2.24) is 0 Å². The highest BCUT2D eigenvalue weighted by Crippen LogP contribution is 2.26. The smallest absolute Gasteiger partial charge is 0.224 e. The second kappa shape index (κ2) is 13.3. The lowest BCUT2D eigenvalue weighted by molar-refractivity contribution is -0.116. The van der Waals surface area contributed by atoms with E-state index < -0.39 is 0 Å². The number of allylic oxidation sites excluding steroid dienone is 2. The molecule has 0 saturated heterocycles. The highest BCUT2D eigenvalue weighted by molar-refractivity contribution is 5.93. The monoisotopic (exact) mass is 457 g/mol. The third-order valence-corrected chi connectivity index (χ3v) is 4.90. The molecule has 174 valence electrons. The van der Waals surface area contributed by atoms with Crippen LogP contribution in [0.1, 0.15) is 27.9 Å². The van der Waals surface area contributed by atoms with Crippen molar-refractivity contribution in [2.75, 3.05) is 11.9 Å². The molecule has 0 bridgehead atoms. The van der Waals surface area contributed by atoms with E-state index in [4.69, 9.17) is 14.6 Å². The maximum absolute atomic E-state index is 12.5. The Labute approximate surface area is 199 Å². The minimum atomic E-state index is -0.160. The number of aliphatic hydroxyl groups excluding tert-OH is 1. The first-order chi connectivity index (χ1) is 16.7. The van der Waals surface area contributed by atoms with Gasteiger partial charge in [-0.05, 0) is 60.0 Å². The lowest BCUT2D eigenvalue weighted by Gasteiger charge is -2.12. The van der Waals surface area contributed by atoms with Gasteiger partial charge in [-0.1, -0.05) is 48.5 Å². The summed E-state index contributed by atoms with van der Waals surface area (Å²) in [5, 5.41) is 11.5. The van der Waals surface area contributed by atoms with E-state index in [1.807, 2.05) is 54.6 Å². The average molecular weight is 458 g/mol. The lowest BCUT2D eigenvalue weighted by Crippen LogP contribution is -2.13. The molecule has 0 unspecified atom stereocenters. The fraction of sp³-hybridized carbons (Fsp3) is 0.143. The van der Waals surface area contributed by atoms with Crippen LogP contribution in [0.3, 0.4) is 0 Å². The fourth-order valence-electron chi connectivity index (χ4n) is 3.12. The molecular weight excluding hydrogens is 430 g/mol. The van der Waals surface area contributed by atoms with Crippen LogP contribution in [0.15, 0.2) is 97.3 Å². The van der Waals surface area contributed by atoms with E-state index in [0.717, 1.165) is 29.4 Å². The number of ether oxygens (including phenoxy) is 2. The first-order valence-corrected chi connectivity index (χ1v) is 10.9. The molecule has 0 radical (unpaired) electrons. The molecule has 3 rings (SSSR count). The molecule has 6 nitrogen and oxygen atoms in total. The van der Waals surface area contributed by atoms with Crippen LogP contribution < -0.4 is 14.8 Å². The highest BCUT2D eigenvalue weighted by atomic mass is 16.5. The Kier molecular flexibility index (Phi) is 9.50. The fourth-order valence-corrected chi connectivity index (χ4v) is 3.12. The molecule has 6 heteroatoms. The maximum atomic E-state index is 12.5. The average Bonchev–Trinajstić information content (AvgIpc) is 2.88. The lowest BCUT2D eigenvalue weighted by atomic mass is 10.1. The Bertz CT molecular complexity index is 1120. The molecule has 0 saturated carbocycles. The zero-order chi connectivity index (χ0) is 24.0. The van der Waals surface area contributed by atoms with Crippen molar-refractivity contribution >= 4 is 17.9 Å². The Hall–Kier alpha value is -4.32. The number of hydrogen-bond acceptors (Lipinski definition) is 5. The quantitative estimate of drug-likeness (QED) is 0.208. The van der Waals surface area contributed by atoms with Crippen molar-refractivity contribution in [3.63, 3.8) is 0 Å². The number of carbonyl (C=O) groups is 2. The normalized spacial score (nSPS) is 10.9. The van der Waals surface area contributed by atoms with E-state index in [1.54, 1.807) is 30.4 Å². The second-order valence-corrected chi connectivity index (χ2v) is 7.42. The van der Waals surface area contributed by atoms with Crippen molar-refractivity contribution in [3.8, 4) is 11.5 Å². The number of anilines is 1. The number of aldehydes is 1. The summed E-state index contributed by atoms with van der Waals surface area (Å²) in [6.07, 6.45) is 7.27.